The molecule has 1 saturated carbocycles. The summed E-state index contributed by atoms with van der Waals surface area (Å²) in [7, 11) is -3.96. The van der Waals surface area contributed by atoms with Gasteiger partial charge in [-0.15, -0.1) is 0 Å². The molecule has 0 unspecified atom stereocenters. The minimum absolute atomic E-state index is 0.0547. The van der Waals surface area contributed by atoms with E-state index in [0.29, 0.717) is 24.2 Å². The third kappa shape index (κ3) is 8.06. The zero-order chi connectivity index (χ0) is 26.8. The molecule has 1 fully saturated rings. The molecule has 0 atom stereocenters. The molecular formula is C28H36ClN5O3S. The van der Waals surface area contributed by atoms with Gasteiger partial charge in [0.25, 0.3) is 15.9 Å². The number of carbonyl (C=O) groups is 1. The molecule has 0 radical (unpaired) electrons. The molecule has 1 aliphatic carbocycles. The Labute approximate surface area is 230 Å². The normalized spacial score (nSPS) is 14.3. The van der Waals surface area contributed by atoms with Gasteiger partial charge < -0.3 is 15.2 Å². The highest BCUT2D eigenvalue weighted by Gasteiger charge is 2.24. The predicted octanol–water partition coefficient (Wildman–Crippen LogP) is 5.01. The largest absolute Gasteiger partial charge is 0.351 e. The lowest BCUT2D eigenvalue weighted by molar-refractivity contribution is 0.0949. The quantitative estimate of drug-likeness (QED) is 0.256. The van der Waals surface area contributed by atoms with E-state index in [2.05, 4.69) is 32.5 Å². The van der Waals surface area contributed by atoms with Gasteiger partial charge in [-0.25, -0.2) is 13.4 Å². The van der Waals surface area contributed by atoms with Crippen LogP contribution in [0.1, 0.15) is 61.0 Å². The van der Waals surface area contributed by atoms with Crippen LogP contribution in [0.3, 0.4) is 0 Å². The van der Waals surface area contributed by atoms with Crippen LogP contribution < -0.4 is 15.4 Å². The second kappa shape index (κ2) is 13.8. The molecule has 0 saturated heterocycles. The van der Waals surface area contributed by atoms with Crippen molar-refractivity contribution < 1.29 is 13.2 Å². The van der Waals surface area contributed by atoms with Crippen molar-refractivity contribution in [1.82, 2.24) is 20.2 Å². The summed E-state index contributed by atoms with van der Waals surface area (Å²) in [6.45, 7) is 1.80. The van der Waals surface area contributed by atoms with Crippen molar-refractivity contribution in [2.24, 2.45) is 0 Å². The number of hydrogen-bond donors (Lipinski definition) is 3. The van der Waals surface area contributed by atoms with Crippen LogP contribution in [0.25, 0.3) is 0 Å². The molecule has 10 heteroatoms. The van der Waals surface area contributed by atoms with Crippen molar-refractivity contribution in [1.29, 1.82) is 0 Å². The van der Waals surface area contributed by atoms with Crippen LogP contribution in [0.4, 0.5) is 5.82 Å². The number of nitrogens with zero attached hydrogens (tertiary/aromatic N) is 2. The van der Waals surface area contributed by atoms with Gasteiger partial charge in [0, 0.05) is 24.2 Å². The van der Waals surface area contributed by atoms with Crippen LogP contribution in [0.2, 0.25) is 5.02 Å². The first-order valence-electron chi connectivity index (χ1n) is 13.3. The molecule has 2 aromatic carbocycles. The smallest absolute Gasteiger partial charge is 0.273 e. The van der Waals surface area contributed by atoms with Crippen molar-refractivity contribution in [3.8, 4) is 0 Å². The third-order valence-corrected chi connectivity index (χ3v) is 8.40. The van der Waals surface area contributed by atoms with Crippen LogP contribution in [-0.4, -0.2) is 43.0 Å². The maximum atomic E-state index is 13.1. The molecule has 1 aromatic heterocycles. The van der Waals surface area contributed by atoms with E-state index in [0.717, 1.165) is 25.8 Å². The Morgan fingerprint density at radius 3 is 2.45 bits per heavy atom. The first-order valence-corrected chi connectivity index (χ1v) is 15.2. The minimum atomic E-state index is -3.96. The molecule has 3 N–H and O–H groups in total. The van der Waals surface area contributed by atoms with Crippen LogP contribution in [0.15, 0.2) is 65.8 Å². The van der Waals surface area contributed by atoms with Gasteiger partial charge in [0.05, 0.1) is 11.2 Å². The molecule has 3 aromatic rings. The monoisotopic (exact) mass is 557 g/mol. The SMILES string of the molecule is O=C(NCCCNC1CCCCC1)c1ncn(CCCc2ccccc2)c1NS(=O)(=O)c1ccc(Cl)cc1. The number of aryl methyl sites for hydroxylation is 2. The maximum Gasteiger partial charge on any atom is 0.273 e. The van der Waals surface area contributed by atoms with Crippen LogP contribution in [-0.2, 0) is 23.0 Å². The number of halogens is 1. The lowest BCUT2D eigenvalue weighted by Gasteiger charge is -2.22. The summed E-state index contributed by atoms with van der Waals surface area (Å²) in [5, 5.41) is 6.90. The van der Waals surface area contributed by atoms with Crippen LogP contribution in [0.5, 0.6) is 0 Å². The highest BCUT2D eigenvalue weighted by molar-refractivity contribution is 7.92. The Morgan fingerprint density at radius 2 is 1.71 bits per heavy atom. The summed E-state index contributed by atoms with van der Waals surface area (Å²) >= 11 is 5.93. The first-order chi connectivity index (χ1) is 18.4. The fourth-order valence-corrected chi connectivity index (χ4v) is 5.92. The van der Waals surface area contributed by atoms with E-state index in [-0.39, 0.29) is 16.4 Å². The topological polar surface area (TPSA) is 105 Å². The third-order valence-electron chi connectivity index (χ3n) is 6.79. The fraction of sp³-hybridized carbons (Fsp3) is 0.429. The molecule has 0 spiro atoms. The number of carbonyl (C=O) groups excluding carboxylic acids is 1. The fourth-order valence-electron chi connectivity index (χ4n) is 4.71. The number of sulfonamides is 1. The van der Waals surface area contributed by atoms with Crippen molar-refractivity contribution >= 4 is 33.3 Å². The summed E-state index contributed by atoms with van der Waals surface area (Å²) < 4.78 is 30.6. The second-order valence-electron chi connectivity index (χ2n) is 9.68. The summed E-state index contributed by atoms with van der Waals surface area (Å²) in [5.41, 5.74) is 1.25. The molecular weight excluding hydrogens is 522 g/mol. The Bertz CT molecular complexity index is 1270. The van der Waals surface area contributed by atoms with E-state index in [9.17, 15) is 13.2 Å². The lowest BCUT2D eigenvalue weighted by Crippen LogP contribution is -2.34. The molecule has 4 rings (SSSR count). The molecule has 0 aliphatic heterocycles. The van der Waals surface area contributed by atoms with Gasteiger partial charge in [0.15, 0.2) is 11.5 Å². The zero-order valence-electron chi connectivity index (χ0n) is 21.5. The van der Waals surface area contributed by atoms with E-state index in [1.165, 1.54) is 68.3 Å². The first kappa shape index (κ1) is 28.1. The van der Waals surface area contributed by atoms with E-state index < -0.39 is 15.9 Å². The van der Waals surface area contributed by atoms with Crippen molar-refractivity contribution in [3.05, 3.63) is 77.2 Å². The maximum absolute atomic E-state index is 13.1. The van der Waals surface area contributed by atoms with E-state index >= 15 is 0 Å². The number of imidazole rings is 1. The second-order valence-corrected chi connectivity index (χ2v) is 11.8. The highest BCUT2D eigenvalue weighted by atomic mass is 35.5. The van der Waals surface area contributed by atoms with Crippen molar-refractivity contribution in [2.45, 2.75) is 68.8 Å². The van der Waals surface area contributed by atoms with Gasteiger partial charge in [-0.3, -0.25) is 9.52 Å². The van der Waals surface area contributed by atoms with Gasteiger partial charge in [0.1, 0.15) is 0 Å². The van der Waals surface area contributed by atoms with E-state index in [1.807, 2.05) is 18.2 Å². The summed E-state index contributed by atoms with van der Waals surface area (Å²) in [4.78, 5) is 17.4. The Hall–Kier alpha value is -2.88. The average molecular weight is 558 g/mol. The Balaban J connectivity index is 1.41. The number of benzene rings is 2. The summed E-state index contributed by atoms with van der Waals surface area (Å²) in [5.74, 6) is -0.246. The summed E-state index contributed by atoms with van der Waals surface area (Å²) in [6.07, 6.45) is 10.2. The van der Waals surface area contributed by atoms with Crippen molar-refractivity contribution in [3.63, 3.8) is 0 Å². The number of hydrogen-bond acceptors (Lipinski definition) is 5. The lowest BCUT2D eigenvalue weighted by atomic mass is 9.95. The predicted molar refractivity (Wildman–Crippen MR) is 151 cm³/mol. The molecule has 8 nitrogen and oxygen atoms in total. The zero-order valence-corrected chi connectivity index (χ0v) is 23.1. The highest BCUT2D eigenvalue weighted by Crippen LogP contribution is 2.22. The van der Waals surface area contributed by atoms with Crippen LogP contribution >= 0.6 is 11.6 Å². The molecule has 204 valence electrons. The molecule has 1 heterocycles. The Morgan fingerprint density at radius 1 is 0.974 bits per heavy atom. The van der Waals surface area contributed by atoms with Crippen molar-refractivity contribution in [2.75, 3.05) is 17.8 Å². The van der Waals surface area contributed by atoms with E-state index in [1.54, 1.807) is 4.57 Å². The number of aromatic nitrogens is 2. The number of amides is 1. The summed E-state index contributed by atoms with van der Waals surface area (Å²) in [6, 6.07) is 16.5. The molecule has 1 amide bonds. The van der Waals surface area contributed by atoms with Crippen LogP contribution in [0, 0.1) is 0 Å². The molecule has 0 bridgehead atoms. The van der Waals surface area contributed by atoms with Gasteiger partial charge in [-0.2, -0.15) is 0 Å². The molecule has 38 heavy (non-hydrogen) atoms. The number of nitrogens with one attached hydrogen (secondary N) is 3. The average Bonchev–Trinajstić information content (AvgIpc) is 3.31. The van der Waals surface area contributed by atoms with Gasteiger partial charge >= 0.3 is 0 Å². The van der Waals surface area contributed by atoms with Gasteiger partial charge in [0.2, 0.25) is 0 Å². The van der Waals surface area contributed by atoms with E-state index in [4.69, 9.17) is 11.6 Å². The minimum Gasteiger partial charge on any atom is -0.351 e. The van der Waals surface area contributed by atoms with Gasteiger partial charge in [-0.05, 0) is 68.5 Å². The van der Waals surface area contributed by atoms with Gasteiger partial charge in [-0.1, -0.05) is 61.2 Å². The molecule has 1 aliphatic rings. The standard InChI is InChI=1S/C28H36ClN5O3S/c29-23-14-16-25(17-15-23)38(36,37)33-27-26(28(35)31-19-8-18-30-24-12-5-2-6-13-24)32-21-34(27)20-7-11-22-9-3-1-4-10-22/h1,3-4,9-10,14-17,21,24,30,33H,2,5-8,11-13,18-20H2,(H,31,35). The Kier molecular flexibility index (Phi) is 10.2. The number of rotatable bonds is 13. The number of anilines is 1.